The summed E-state index contributed by atoms with van der Waals surface area (Å²) in [4.78, 5) is 29.6. The first-order valence-corrected chi connectivity index (χ1v) is 13.4. The molecule has 0 aromatic heterocycles. The first kappa shape index (κ1) is 26.1. The van der Waals surface area contributed by atoms with Crippen LogP contribution in [-0.2, 0) is 16.1 Å². The van der Waals surface area contributed by atoms with Gasteiger partial charge in [-0.3, -0.25) is 9.59 Å². The van der Waals surface area contributed by atoms with Gasteiger partial charge < -0.3 is 15.0 Å². The number of nitrogens with one attached hydrogen (secondary N) is 1. The van der Waals surface area contributed by atoms with Crippen molar-refractivity contribution in [3.8, 4) is 5.75 Å². The Bertz CT molecular complexity index is 908. The van der Waals surface area contributed by atoms with E-state index in [-0.39, 0.29) is 17.9 Å². The van der Waals surface area contributed by atoms with Crippen molar-refractivity contribution >= 4 is 23.6 Å². The maximum absolute atomic E-state index is 13.4. The zero-order chi connectivity index (χ0) is 24.3. The molecule has 0 heterocycles. The minimum atomic E-state index is -0.471. The van der Waals surface area contributed by atoms with E-state index >= 15 is 0 Å². The molecule has 1 N–H and O–H groups in total. The second-order valence-electron chi connectivity index (χ2n) is 9.05. The molecule has 0 aliphatic heterocycles. The lowest BCUT2D eigenvalue weighted by Gasteiger charge is -2.33. The molecule has 0 spiro atoms. The zero-order valence-electron chi connectivity index (χ0n) is 20.7. The van der Waals surface area contributed by atoms with Crippen molar-refractivity contribution in [2.24, 2.45) is 0 Å². The molecule has 1 atom stereocenters. The summed E-state index contributed by atoms with van der Waals surface area (Å²) < 4.78 is 5.27. The molecule has 0 radical (unpaired) electrons. The molecule has 184 valence electrons. The molecular weight excluding hydrogens is 444 g/mol. The van der Waals surface area contributed by atoms with E-state index < -0.39 is 6.04 Å². The Morgan fingerprint density at radius 2 is 1.74 bits per heavy atom. The summed E-state index contributed by atoms with van der Waals surface area (Å²) in [7, 11) is 1.64. The van der Waals surface area contributed by atoms with Crippen LogP contribution < -0.4 is 10.1 Å². The number of amides is 2. The minimum Gasteiger partial charge on any atom is -0.497 e. The summed E-state index contributed by atoms with van der Waals surface area (Å²) in [5, 5.41) is 3.24. The van der Waals surface area contributed by atoms with E-state index in [1.807, 2.05) is 31.2 Å². The first-order valence-electron chi connectivity index (χ1n) is 12.4. The fourth-order valence-corrected chi connectivity index (χ4v) is 5.27. The van der Waals surface area contributed by atoms with Crippen LogP contribution in [0.2, 0.25) is 0 Å². The summed E-state index contributed by atoms with van der Waals surface area (Å²) in [6, 6.07) is 15.8. The third kappa shape index (κ3) is 7.79. The third-order valence-corrected chi connectivity index (χ3v) is 7.47. The predicted octanol–water partition coefficient (Wildman–Crippen LogP) is 5.74. The molecule has 2 aromatic rings. The SMILES string of the molecule is CCC(C(=O)NC1CCCCC1)N(Cc1ccc(OC)cc1)C(=O)CCSc1ccc(C)cc1. The highest BCUT2D eigenvalue weighted by Gasteiger charge is 2.30. The average molecular weight is 483 g/mol. The van der Waals surface area contributed by atoms with Crippen molar-refractivity contribution in [1.82, 2.24) is 10.2 Å². The fraction of sp³-hybridized carbons (Fsp3) is 0.500. The molecule has 1 aliphatic rings. The van der Waals surface area contributed by atoms with E-state index in [0.29, 0.717) is 25.1 Å². The van der Waals surface area contributed by atoms with Crippen LogP contribution in [0.5, 0.6) is 5.75 Å². The molecule has 0 bridgehead atoms. The monoisotopic (exact) mass is 482 g/mol. The summed E-state index contributed by atoms with van der Waals surface area (Å²) in [6.07, 6.45) is 6.60. The molecule has 1 fully saturated rings. The average Bonchev–Trinajstić information content (AvgIpc) is 2.86. The van der Waals surface area contributed by atoms with Gasteiger partial charge in [0.2, 0.25) is 11.8 Å². The topological polar surface area (TPSA) is 58.6 Å². The van der Waals surface area contributed by atoms with Crippen LogP contribution in [0.3, 0.4) is 0 Å². The number of nitrogens with zero attached hydrogens (tertiary/aromatic N) is 1. The van der Waals surface area contributed by atoms with Crippen molar-refractivity contribution in [3.05, 3.63) is 59.7 Å². The molecule has 3 rings (SSSR count). The highest BCUT2D eigenvalue weighted by Crippen LogP contribution is 2.22. The third-order valence-electron chi connectivity index (χ3n) is 6.46. The van der Waals surface area contributed by atoms with Crippen molar-refractivity contribution in [1.29, 1.82) is 0 Å². The normalized spacial score (nSPS) is 14.9. The van der Waals surface area contributed by atoms with E-state index in [9.17, 15) is 9.59 Å². The minimum absolute atomic E-state index is 0.0149. The van der Waals surface area contributed by atoms with Gasteiger partial charge in [0.25, 0.3) is 0 Å². The molecule has 1 aliphatic carbocycles. The van der Waals surface area contributed by atoms with Crippen LogP contribution in [0, 0.1) is 6.92 Å². The standard InChI is InChI=1S/C28H38N2O3S/c1-4-26(28(32)29-23-8-6-5-7-9-23)30(20-22-12-14-24(33-3)15-13-22)27(31)18-19-34-25-16-10-21(2)11-17-25/h10-17,23,26H,4-9,18-20H2,1-3H3,(H,29,32). The fourth-order valence-electron chi connectivity index (χ4n) is 4.43. The number of ether oxygens (including phenoxy) is 1. The van der Waals surface area contributed by atoms with Crippen molar-refractivity contribution in [2.45, 2.75) is 82.3 Å². The molecule has 2 aromatic carbocycles. The molecule has 6 heteroatoms. The predicted molar refractivity (Wildman–Crippen MR) is 139 cm³/mol. The maximum atomic E-state index is 13.4. The van der Waals surface area contributed by atoms with Crippen LogP contribution in [-0.4, -0.2) is 41.7 Å². The Balaban J connectivity index is 1.69. The highest BCUT2D eigenvalue weighted by atomic mass is 32.2. The van der Waals surface area contributed by atoms with Crippen LogP contribution in [0.1, 0.15) is 63.0 Å². The molecule has 0 saturated heterocycles. The summed E-state index contributed by atoms with van der Waals surface area (Å²) >= 11 is 1.68. The Labute approximate surface area is 208 Å². The summed E-state index contributed by atoms with van der Waals surface area (Å²) in [6.45, 7) is 4.47. The first-order chi connectivity index (χ1) is 16.5. The smallest absolute Gasteiger partial charge is 0.243 e. The lowest BCUT2D eigenvalue weighted by atomic mass is 9.95. The number of hydrogen-bond acceptors (Lipinski definition) is 4. The summed E-state index contributed by atoms with van der Waals surface area (Å²) in [5.41, 5.74) is 2.21. The van der Waals surface area contributed by atoms with Gasteiger partial charge in [0.05, 0.1) is 7.11 Å². The second kappa shape index (κ2) is 13.4. The molecule has 2 amide bonds. The molecule has 1 saturated carbocycles. The molecular formula is C28H38N2O3S. The van der Waals surface area contributed by atoms with Gasteiger partial charge in [0.15, 0.2) is 0 Å². The highest BCUT2D eigenvalue weighted by molar-refractivity contribution is 7.99. The van der Waals surface area contributed by atoms with E-state index in [1.54, 1.807) is 23.8 Å². The van der Waals surface area contributed by atoms with Gasteiger partial charge in [-0.15, -0.1) is 11.8 Å². The quantitative estimate of drug-likeness (QED) is 0.415. The Kier molecular flexibility index (Phi) is 10.3. The van der Waals surface area contributed by atoms with Crippen molar-refractivity contribution < 1.29 is 14.3 Å². The Morgan fingerprint density at radius 1 is 1.06 bits per heavy atom. The number of benzene rings is 2. The lowest BCUT2D eigenvalue weighted by Crippen LogP contribution is -2.51. The van der Waals surface area contributed by atoms with E-state index in [2.05, 4.69) is 36.5 Å². The van der Waals surface area contributed by atoms with E-state index in [4.69, 9.17) is 4.74 Å². The van der Waals surface area contributed by atoms with Gasteiger partial charge in [-0.1, -0.05) is 56.0 Å². The van der Waals surface area contributed by atoms with Gasteiger partial charge in [0, 0.05) is 29.7 Å². The maximum Gasteiger partial charge on any atom is 0.243 e. The zero-order valence-corrected chi connectivity index (χ0v) is 21.5. The van der Waals surface area contributed by atoms with Crippen molar-refractivity contribution in [3.63, 3.8) is 0 Å². The molecule has 5 nitrogen and oxygen atoms in total. The van der Waals surface area contributed by atoms with Crippen LogP contribution in [0.25, 0.3) is 0 Å². The lowest BCUT2D eigenvalue weighted by molar-refractivity contribution is -0.141. The van der Waals surface area contributed by atoms with Crippen LogP contribution >= 0.6 is 11.8 Å². The number of aryl methyl sites for hydroxylation is 1. The van der Waals surface area contributed by atoms with Gasteiger partial charge >= 0.3 is 0 Å². The van der Waals surface area contributed by atoms with Crippen LogP contribution in [0.15, 0.2) is 53.4 Å². The van der Waals surface area contributed by atoms with E-state index in [1.165, 1.54) is 12.0 Å². The number of carbonyl (C=O) groups is 2. The van der Waals surface area contributed by atoms with Crippen molar-refractivity contribution in [2.75, 3.05) is 12.9 Å². The van der Waals surface area contributed by atoms with Gasteiger partial charge in [-0.25, -0.2) is 0 Å². The number of thioether (sulfide) groups is 1. The van der Waals surface area contributed by atoms with Crippen LogP contribution in [0.4, 0.5) is 0 Å². The van der Waals surface area contributed by atoms with E-state index in [0.717, 1.165) is 41.9 Å². The number of carbonyl (C=O) groups excluding carboxylic acids is 2. The van der Waals surface area contributed by atoms with Gasteiger partial charge in [-0.05, 0) is 56.0 Å². The second-order valence-corrected chi connectivity index (χ2v) is 10.2. The van der Waals surface area contributed by atoms with Gasteiger partial charge in [0.1, 0.15) is 11.8 Å². The summed E-state index contributed by atoms with van der Waals surface area (Å²) in [5.74, 6) is 1.45. The largest absolute Gasteiger partial charge is 0.497 e. The Morgan fingerprint density at radius 3 is 2.35 bits per heavy atom. The molecule has 1 unspecified atom stereocenters. The number of methoxy groups -OCH3 is 1. The Hall–Kier alpha value is -2.47. The molecule has 34 heavy (non-hydrogen) atoms. The number of rotatable bonds is 11. The number of hydrogen-bond donors (Lipinski definition) is 1. The van der Waals surface area contributed by atoms with Gasteiger partial charge in [-0.2, -0.15) is 0 Å².